The predicted octanol–water partition coefficient (Wildman–Crippen LogP) is 2.48. The third kappa shape index (κ3) is 3.56. The van der Waals surface area contributed by atoms with Crippen molar-refractivity contribution in [2.24, 2.45) is 5.92 Å². The van der Waals surface area contributed by atoms with Crippen LogP contribution in [0.2, 0.25) is 0 Å². The molecule has 2 saturated heterocycles. The number of benzene rings is 1. The molecule has 3 atom stereocenters. The standard InChI is InChI=1S/C17H23NO3/c1-13-11-14-12-18(9-7-16(14)21-13)17(19)8-10-20-15-5-3-2-4-6-15/h2-6,13-14,16H,7-12H2,1H3/t13-,14-,16+/m1/s1. The van der Waals surface area contributed by atoms with Gasteiger partial charge >= 0.3 is 0 Å². The van der Waals surface area contributed by atoms with E-state index in [1.54, 1.807) is 0 Å². The van der Waals surface area contributed by atoms with Gasteiger partial charge in [0.15, 0.2) is 0 Å². The average molecular weight is 289 g/mol. The van der Waals surface area contributed by atoms with Crippen LogP contribution < -0.4 is 4.74 Å². The third-order valence-corrected chi connectivity index (χ3v) is 4.39. The summed E-state index contributed by atoms with van der Waals surface area (Å²) in [5.74, 6) is 1.54. The minimum atomic E-state index is 0.198. The van der Waals surface area contributed by atoms with E-state index in [2.05, 4.69) is 6.92 Å². The second-order valence-electron chi connectivity index (χ2n) is 6.02. The van der Waals surface area contributed by atoms with Gasteiger partial charge in [-0.05, 0) is 31.9 Å². The van der Waals surface area contributed by atoms with Gasteiger partial charge < -0.3 is 14.4 Å². The van der Waals surface area contributed by atoms with Crippen LogP contribution in [0.1, 0.15) is 26.2 Å². The maximum atomic E-state index is 12.3. The summed E-state index contributed by atoms with van der Waals surface area (Å²) in [6.07, 6.45) is 3.21. The number of fused-ring (bicyclic) bond motifs is 1. The van der Waals surface area contributed by atoms with E-state index in [1.165, 1.54) is 0 Å². The zero-order chi connectivity index (χ0) is 14.7. The molecule has 4 heteroatoms. The van der Waals surface area contributed by atoms with Crippen LogP contribution in [0.3, 0.4) is 0 Å². The summed E-state index contributed by atoms with van der Waals surface area (Å²) in [6, 6.07) is 9.64. The molecule has 3 rings (SSSR count). The Labute approximate surface area is 126 Å². The molecule has 0 N–H and O–H groups in total. The van der Waals surface area contributed by atoms with Crippen LogP contribution in [0.5, 0.6) is 5.75 Å². The fraction of sp³-hybridized carbons (Fsp3) is 0.588. The molecule has 0 unspecified atom stereocenters. The first-order valence-electron chi connectivity index (χ1n) is 7.83. The van der Waals surface area contributed by atoms with Gasteiger partial charge in [0.1, 0.15) is 5.75 Å². The monoisotopic (exact) mass is 289 g/mol. The maximum Gasteiger partial charge on any atom is 0.226 e. The zero-order valence-corrected chi connectivity index (χ0v) is 12.5. The van der Waals surface area contributed by atoms with Crippen LogP contribution in [0.4, 0.5) is 0 Å². The topological polar surface area (TPSA) is 38.8 Å². The lowest BCUT2D eigenvalue weighted by Crippen LogP contribution is -2.44. The van der Waals surface area contributed by atoms with E-state index in [4.69, 9.17) is 9.47 Å². The Kier molecular flexibility index (Phi) is 4.44. The first-order chi connectivity index (χ1) is 10.2. The quantitative estimate of drug-likeness (QED) is 0.855. The summed E-state index contributed by atoms with van der Waals surface area (Å²) in [7, 11) is 0. The number of carbonyl (C=O) groups is 1. The highest BCUT2D eigenvalue weighted by Gasteiger charge is 2.38. The van der Waals surface area contributed by atoms with Crippen LogP contribution in [0, 0.1) is 5.92 Å². The molecule has 2 fully saturated rings. The molecule has 1 amide bonds. The summed E-state index contributed by atoms with van der Waals surface area (Å²) in [5, 5.41) is 0. The minimum absolute atomic E-state index is 0.198. The van der Waals surface area contributed by atoms with Gasteiger partial charge in [-0.15, -0.1) is 0 Å². The molecular weight excluding hydrogens is 266 g/mol. The number of carbonyl (C=O) groups excluding carboxylic acids is 1. The van der Waals surface area contributed by atoms with Crippen molar-refractivity contribution in [3.8, 4) is 5.75 Å². The Bertz CT molecular complexity index is 476. The van der Waals surface area contributed by atoms with Gasteiger partial charge in [-0.2, -0.15) is 0 Å². The molecule has 0 spiro atoms. The number of hydrogen-bond acceptors (Lipinski definition) is 3. The summed E-state index contributed by atoms with van der Waals surface area (Å²) < 4.78 is 11.5. The van der Waals surface area contributed by atoms with Crippen LogP contribution in [0.25, 0.3) is 0 Å². The van der Waals surface area contributed by atoms with Gasteiger partial charge in [0.2, 0.25) is 5.91 Å². The molecular formula is C17H23NO3. The largest absolute Gasteiger partial charge is 0.493 e. The molecule has 0 saturated carbocycles. The van der Waals surface area contributed by atoms with Crippen LogP contribution in [-0.2, 0) is 9.53 Å². The smallest absolute Gasteiger partial charge is 0.226 e. The number of para-hydroxylation sites is 1. The van der Waals surface area contributed by atoms with E-state index < -0.39 is 0 Å². The molecule has 2 aliphatic heterocycles. The van der Waals surface area contributed by atoms with Gasteiger partial charge in [0, 0.05) is 19.0 Å². The molecule has 0 aromatic heterocycles. The molecule has 0 radical (unpaired) electrons. The highest BCUT2D eigenvalue weighted by atomic mass is 16.5. The fourth-order valence-corrected chi connectivity index (χ4v) is 3.35. The van der Waals surface area contributed by atoms with Gasteiger partial charge in [-0.3, -0.25) is 4.79 Å². The highest BCUT2D eigenvalue weighted by Crippen LogP contribution is 2.32. The zero-order valence-electron chi connectivity index (χ0n) is 12.5. The first-order valence-corrected chi connectivity index (χ1v) is 7.83. The Morgan fingerprint density at radius 1 is 1.38 bits per heavy atom. The first kappa shape index (κ1) is 14.4. The number of amides is 1. The van der Waals surface area contributed by atoms with Crippen LogP contribution in [-0.4, -0.2) is 42.7 Å². The molecule has 114 valence electrons. The highest BCUT2D eigenvalue weighted by molar-refractivity contribution is 5.76. The number of piperidine rings is 1. The Hall–Kier alpha value is -1.55. The second kappa shape index (κ2) is 6.48. The number of rotatable bonds is 4. The lowest BCUT2D eigenvalue weighted by molar-refractivity contribution is -0.134. The van der Waals surface area contributed by atoms with E-state index in [0.29, 0.717) is 31.2 Å². The molecule has 4 nitrogen and oxygen atoms in total. The maximum absolute atomic E-state index is 12.3. The van der Waals surface area contributed by atoms with Crippen molar-refractivity contribution >= 4 is 5.91 Å². The number of likely N-dealkylation sites (tertiary alicyclic amines) is 1. The number of nitrogens with zero attached hydrogens (tertiary/aromatic N) is 1. The van der Waals surface area contributed by atoms with Crippen molar-refractivity contribution in [2.75, 3.05) is 19.7 Å². The number of hydrogen-bond donors (Lipinski definition) is 0. The van der Waals surface area contributed by atoms with E-state index >= 15 is 0 Å². The third-order valence-electron chi connectivity index (χ3n) is 4.39. The van der Waals surface area contributed by atoms with Crippen molar-refractivity contribution in [1.29, 1.82) is 0 Å². The summed E-state index contributed by atoms with van der Waals surface area (Å²) in [4.78, 5) is 14.2. The molecule has 1 aromatic carbocycles. The number of ether oxygens (including phenoxy) is 2. The van der Waals surface area contributed by atoms with Crippen molar-refractivity contribution < 1.29 is 14.3 Å². The fourth-order valence-electron chi connectivity index (χ4n) is 3.35. The van der Waals surface area contributed by atoms with Gasteiger partial charge in [0.05, 0.1) is 25.2 Å². The van der Waals surface area contributed by atoms with E-state index in [1.807, 2.05) is 35.2 Å². The molecule has 2 heterocycles. The van der Waals surface area contributed by atoms with E-state index in [0.717, 1.165) is 31.7 Å². The average Bonchev–Trinajstić information content (AvgIpc) is 2.87. The van der Waals surface area contributed by atoms with E-state index in [-0.39, 0.29) is 5.91 Å². The van der Waals surface area contributed by atoms with Crippen molar-refractivity contribution in [3.05, 3.63) is 30.3 Å². The van der Waals surface area contributed by atoms with Crippen molar-refractivity contribution in [3.63, 3.8) is 0 Å². The van der Waals surface area contributed by atoms with Crippen molar-refractivity contribution in [2.45, 2.75) is 38.4 Å². The summed E-state index contributed by atoms with van der Waals surface area (Å²) in [6.45, 7) is 4.23. The van der Waals surface area contributed by atoms with Gasteiger partial charge in [-0.25, -0.2) is 0 Å². The summed E-state index contributed by atoms with van der Waals surface area (Å²) >= 11 is 0. The molecule has 21 heavy (non-hydrogen) atoms. The Morgan fingerprint density at radius 2 is 2.19 bits per heavy atom. The van der Waals surface area contributed by atoms with Crippen LogP contribution >= 0.6 is 0 Å². The second-order valence-corrected chi connectivity index (χ2v) is 6.02. The molecule has 1 aromatic rings. The molecule has 2 aliphatic rings. The van der Waals surface area contributed by atoms with Gasteiger partial charge in [0.25, 0.3) is 0 Å². The normalized spacial score (nSPS) is 28.2. The minimum Gasteiger partial charge on any atom is -0.493 e. The van der Waals surface area contributed by atoms with Crippen molar-refractivity contribution in [1.82, 2.24) is 4.90 Å². The van der Waals surface area contributed by atoms with Crippen LogP contribution in [0.15, 0.2) is 30.3 Å². The Balaban J connectivity index is 1.43. The SMILES string of the molecule is C[C@@H]1C[C@@H]2CN(C(=O)CCOc3ccccc3)CC[C@@H]2O1. The lowest BCUT2D eigenvalue weighted by Gasteiger charge is -2.34. The predicted molar refractivity (Wildman–Crippen MR) is 80.2 cm³/mol. The molecule has 0 aliphatic carbocycles. The lowest BCUT2D eigenvalue weighted by atomic mass is 9.93. The molecule has 0 bridgehead atoms. The van der Waals surface area contributed by atoms with Gasteiger partial charge in [-0.1, -0.05) is 18.2 Å². The Morgan fingerprint density at radius 3 is 3.00 bits per heavy atom. The summed E-state index contributed by atoms with van der Waals surface area (Å²) in [5.41, 5.74) is 0. The van der Waals surface area contributed by atoms with E-state index in [9.17, 15) is 4.79 Å².